The Hall–Kier alpha value is -1.03. The average Bonchev–Trinajstić information content (AvgIpc) is 2.90. The number of anilines is 1. The van der Waals surface area contributed by atoms with Gasteiger partial charge < -0.3 is 10.0 Å². The molecular weight excluding hydrogens is 278 g/mol. The summed E-state index contributed by atoms with van der Waals surface area (Å²) in [6.45, 7) is 3.89. The fourth-order valence-electron chi connectivity index (χ4n) is 2.02. The lowest BCUT2D eigenvalue weighted by atomic mass is 10.1. The second-order valence-corrected chi connectivity index (χ2v) is 6.07. The molecular formula is C15H18ClNOS. The number of benzene rings is 1. The maximum Gasteiger partial charge on any atom is 0.0776 e. The van der Waals surface area contributed by atoms with Gasteiger partial charge in [-0.05, 0) is 43.0 Å². The van der Waals surface area contributed by atoms with Crippen LogP contribution >= 0.6 is 22.9 Å². The average molecular weight is 296 g/mol. The molecule has 19 heavy (non-hydrogen) atoms. The molecule has 0 saturated carbocycles. The van der Waals surface area contributed by atoms with E-state index in [0.717, 1.165) is 11.3 Å². The number of hydrogen-bond acceptors (Lipinski definition) is 3. The maximum atomic E-state index is 9.60. The number of nitrogens with zero attached hydrogens (tertiary/aromatic N) is 1. The van der Waals surface area contributed by atoms with Crippen LogP contribution in [0.4, 0.5) is 5.69 Å². The van der Waals surface area contributed by atoms with Gasteiger partial charge in [-0.3, -0.25) is 0 Å². The van der Waals surface area contributed by atoms with Crippen molar-refractivity contribution in [3.63, 3.8) is 0 Å². The quantitative estimate of drug-likeness (QED) is 0.887. The first-order valence-corrected chi connectivity index (χ1v) is 7.50. The molecule has 0 radical (unpaired) electrons. The molecule has 0 fully saturated rings. The molecule has 0 aliphatic rings. The van der Waals surface area contributed by atoms with Crippen LogP contribution in [-0.4, -0.2) is 12.2 Å². The Balaban J connectivity index is 2.24. The first-order valence-electron chi connectivity index (χ1n) is 6.24. The number of rotatable bonds is 4. The lowest BCUT2D eigenvalue weighted by molar-refractivity contribution is 0.199. The molecule has 102 valence electrons. The number of hydrogen-bond donors (Lipinski definition) is 1. The molecule has 1 aromatic carbocycles. The largest absolute Gasteiger partial charge is 0.389 e. The van der Waals surface area contributed by atoms with Gasteiger partial charge in [-0.25, -0.2) is 0 Å². The van der Waals surface area contributed by atoms with Gasteiger partial charge in [0.25, 0.3) is 0 Å². The molecule has 1 aromatic heterocycles. The normalized spacial score (nSPS) is 14.2. The maximum absolute atomic E-state index is 9.60. The molecule has 0 bridgehead atoms. The van der Waals surface area contributed by atoms with Crippen LogP contribution in [0.1, 0.15) is 36.4 Å². The molecule has 0 spiro atoms. The zero-order chi connectivity index (χ0) is 14.0. The molecule has 1 N–H and O–H groups in total. The van der Waals surface area contributed by atoms with Crippen molar-refractivity contribution in [2.24, 2.45) is 0 Å². The molecule has 0 aliphatic heterocycles. The molecule has 2 nitrogen and oxygen atoms in total. The number of aliphatic hydroxyl groups is 1. The summed E-state index contributed by atoms with van der Waals surface area (Å²) < 4.78 is 0. The fraction of sp³-hybridized carbons (Fsp3) is 0.333. The minimum Gasteiger partial charge on any atom is -0.389 e. The van der Waals surface area contributed by atoms with Gasteiger partial charge in [-0.15, -0.1) is 11.3 Å². The van der Waals surface area contributed by atoms with Crippen LogP contribution in [-0.2, 0) is 0 Å². The standard InChI is InChI=1S/C15H18ClNOS/c1-10(15-5-4-8-19-15)17(3)12-6-7-13(11(2)18)14(16)9-12/h4-11,18H,1-3H3. The van der Waals surface area contributed by atoms with Crippen molar-refractivity contribution in [3.05, 3.63) is 51.2 Å². The van der Waals surface area contributed by atoms with E-state index in [1.165, 1.54) is 4.88 Å². The zero-order valence-electron chi connectivity index (χ0n) is 11.3. The Morgan fingerprint density at radius 1 is 1.26 bits per heavy atom. The minimum absolute atomic E-state index is 0.300. The highest BCUT2D eigenvalue weighted by molar-refractivity contribution is 7.10. The van der Waals surface area contributed by atoms with Crippen molar-refractivity contribution in [2.45, 2.75) is 26.0 Å². The Bertz CT molecular complexity index is 539. The summed E-state index contributed by atoms with van der Waals surface area (Å²) >= 11 is 7.97. The van der Waals surface area contributed by atoms with E-state index >= 15 is 0 Å². The van der Waals surface area contributed by atoms with E-state index < -0.39 is 6.10 Å². The first kappa shape index (κ1) is 14.4. The number of aliphatic hydroxyl groups excluding tert-OH is 1. The lowest BCUT2D eigenvalue weighted by Gasteiger charge is -2.27. The van der Waals surface area contributed by atoms with Gasteiger partial charge in [0.05, 0.1) is 12.1 Å². The van der Waals surface area contributed by atoms with Crippen LogP contribution in [0.5, 0.6) is 0 Å². The predicted molar refractivity (Wildman–Crippen MR) is 83.2 cm³/mol. The van der Waals surface area contributed by atoms with Crippen molar-refractivity contribution in [3.8, 4) is 0 Å². The Morgan fingerprint density at radius 3 is 2.53 bits per heavy atom. The van der Waals surface area contributed by atoms with E-state index in [-0.39, 0.29) is 0 Å². The molecule has 0 amide bonds. The summed E-state index contributed by atoms with van der Waals surface area (Å²) in [5.74, 6) is 0. The highest BCUT2D eigenvalue weighted by Crippen LogP contribution is 2.32. The van der Waals surface area contributed by atoms with Crippen LogP contribution in [0.15, 0.2) is 35.7 Å². The third-order valence-corrected chi connectivity index (χ3v) is 4.75. The minimum atomic E-state index is -0.540. The van der Waals surface area contributed by atoms with E-state index in [2.05, 4.69) is 36.4 Å². The highest BCUT2D eigenvalue weighted by atomic mass is 35.5. The molecule has 2 unspecified atom stereocenters. The van der Waals surface area contributed by atoms with E-state index in [4.69, 9.17) is 11.6 Å². The predicted octanol–water partition coefficient (Wildman–Crippen LogP) is 4.65. The summed E-state index contributed by atoms with van der Waals surface area (Å²) in [5.41, 5.74) is 1.82. The lowest BCUT2D eigenvalue weighted by Crippen LogP contribution is -2.20. The van der Waals surface area contributed by atoms with Crippen LogP contribution in [0.25, 0.3) is 0 Å². The van der Waals surface area contributed by atoms with Gasteiger partial charge in [0.2, 0.25) is 0 Å². The van der Waals surface area contributed by atoms with Crippen molar-refractivity contribution in [1.29, 1.82) is 0 Å². The summed E-state index contributed by atoms with van der Waals surface area (Å²) in [5, 5.41) is 12.3. The smallest absolute Gasteiger partial charge is 0.0776 e. The van der Waals surface area contributed by atoms with Crippen molar-refractivity contribution < 1.29 is 5.11 Å². The first-order chi connectivity index (χ1) is 9.00. The van der Waals surface area contributed by atoms with E-state index in [9.17, 15) is 5.11 Å². The molecule has 0 saturated heterocycles. The zero-order valence-corrected chi connectivity index (χ0v) is 12.9. The van der Waals surface area contributed by atoms with Gasteiger partial charge in [0.1, 0.15) is 0 Å². The Morgan fingerprint density at radius 2 is 2.00 bits per heavy atom. The van der Waals surface area contributed by atoms with Crippen molar-refractivity contribution in [2.75, 3.05) is 11.9 Å². The van der Waals surface area contributed by atoms with Gasteiger partial charge in [0, 0.05) is 22.6 Å². The number of halogens is 1. The van der Waals surface area contributed by atoms with Crippen LogP contribution in [0, 0.1) is 0 Å². The Kier molecular flexibility index (Phi) is 4.50. The summed E-state index contributed by atoms with van der Waals surface area (Å²) in [6, 6.07) is 10.3. The van der Waals surface area contributed by atoms with E-state index in [1.807, 2.05) is 18.2 Å². The topological polar surface area (TPSA) is 23.5 Å². The van der Waals surface area contributed by atoms with Gasteiger partial charge in [-0.1, -0.05) is 23.7 Å². The molecule has 1 heterocycles. The summed E-state index contributed by atoms with van der Waals surface area (Å²) in [7, 11) is 2.05. The second kappa shape index (κ2) is 5.95. The second-order valence-electron chi connectivity index (χ2n) is 4.68. The molecule has 2 aromatic rings. The molecule has 0 aliphatic carbocycles. The van der Waals surface area contributed by atoms with Gasteiger partial charge >= 0.3 is 0 Å². The molecule has 2 rings (SSSR count). The van der Waals surface area contributed by atoms with Gasteiger partial charge in [0.15, 0.2) is 0 Å². The third kappa shape index (κ3) is 3.11. The van der Waals surface area contributed by atoms with Crippen LogP contribution in [0.3, 0.4) is 0 Å². The van der Waals surface area contributed by atoms with Crippen LogP contribution < -0.4 is 4.90 Å². The summed E-state index contributed by atoms with van der Waals surface area (Å²) in [4.78, 5) is 3.50. The number of thiophene rings is 1. The van der Waals surface area contributed by atoms with Gasteiger partial charge in [-0.2, -0.15) is 0 Å². The summed E-state index contributed by atoms with van der Waals surface area (Å²) in [6.07, 6.45) is -0.540. The van der Waals surface area contributed by atoms with E-state index in [1.54, 1.807) is 18.3 Å². The molecule has 2 atom stereocenters. The molecule has 4 heteroatoms. The van der Waals surface area contributed by atoms with Crippen molar-refractivity contribution >= 4 is 28.6 Å². The SMILES string of the molecule is CC(O)c1ccc(N(C)C(C)c2cccs2)cc1Cl. The monoisotopic (exact) mass is 295 g/mol. The van der Waals surface area contributed by atoms with E-state index in [0.29, 0.717) is 11.1 Å². The third-order valence-electron chi connectivity index (χ3n) is 3.38. The van der Waals surface area contributed by atoms with Crippen molar-refractivity contribution in [1.82, 2.24) is 0 Å². The highest BCUT2D eigenvalue weighted by Gasteiger charge is 2.15. The van der Waals surface area contributed by atoms with Crippen LogP contribution in [0.2, 0.25) is 5.02 Å². The fourth-order valence-corrected chi connectivity index (χ4v) is 3.18. The Labute approximate surface area is 123 Å².